The van der Waals surface area contributed by atoms with Gasteiger partial charge in [-0.3, -0.25) is 0 Å². The van der Waals surface area contributed by atoms with E-state index < -0.39 is 0 Å². The molecule has 0 aliphatic carbocycles. The van der Waals surface area contributed by atoms with Crippen LogP contribution >= 0.6 is 11.3 Å². The standard InChI is InChI=1S/C20H17N3O2S/c1-12-3-2-4-14(7-12)18-9-15-19(26-18)20(23-11-22-15)21-10-13-5-6-16(24)17(25)8-13/h2-9,11,24-25H,10H2,1H3,(H,21,22,23). The molecule has 0 spiro atoms. The molecular weight excluding hydrogens is 346 g/mol. The molecule has 2 aromatic heterocycles. The molecule has 6 heteroatoms. The predicted octanol–water partition coefficient (Wildman–Crippen LogP) is 4.69. The van der Waals surface area contributed by atoms with Crippen molar-refractivity contribution in [2.75, 3.05) is 5.32 Å². The number of thiophene rings is 1. The number of fused-ring (bicyclic) bond motifs is 1. The molecule has 3 N–H and O–H groups in total. The smallest absolute Gasteiger partial charge is 0.157 e. The summed E-state index contributed by atoms with van der Waals surface area (Å²) in [6.45, 7) is 2.56. The summed E-state index contributed by atoms with van der Waals surface area (Å²) >= 11 is 1.65. The number of anilines is 1. The lowest BCUT2D eigenvalue weighted by molar-refractivity contribution is 0.403. The molecule has 0 atom stereocenters. The molecule has 0 aliphatic rings. The molecule has 26 heavy (non-hydrogen) atoms. The van der Waals surface area contributed by atoms with E-state index in [0.717, 1.165) is 26.5 Å². The van der Waals surface area contributed by atoms with Gasteiger partial charge in [-0.05, 0) is 36.2 Å². The van der Waals surface area contributed by atoms with Gasteiger partial charge in [0.05, 0.1) is 10.2 Å². The van der Waals surface area contributed by atoms with Crippen LogP contribution in [0, 0.1) is 6.92 Å². The first-order valence-electron chi connectivity index (χ1n) is 8.16. The summed E-state index contributed by atoms with van der Waals surface area (Å²) in [5.41, 5.74) is 4.14. The van der Waals surface area contributed by atoms with Gasteiger partial charge in [0.2, 0.25) is 0 Å². The highest BCUT2D eigenvalue weighted by Gasteiger charge is 2.11. The van der Waals surface area contributed by atoms with Gasteiger partial charge in [0, 0.05) is 11.4 Å². The summed E-state index contributed by atoms with van der Waals surface area (Å²) in [7, 11) is 0. The Morgan fingerprint density at radius 3 is 2.69 bits per heavy atom. The van der Waals surface area contributed by atoms with Crippen LogP contribution in [0.25, 0.3) is 20.7 Å². The lowest BCUT2D eigenvalue weighted by atomic mass is 10.1. The molecule has 0 saturated carbocycles. The van der Waals surface area contributed by atoms with Gasteiger partial charge in [0.15, 0.2) is 11.5 Å². The highest BCUT2D eigenvalue weighted by Crippen LogP contribution is 2.36. The van der Waals surface area contributed by atoms with Gasteiger partial charge in [-0.1, -0.05) is 35.9 Å². The van der Waals surface area contributed by atoms with Gasteiger partial charge in [0.1, 0.15) is 12.1 Å². The van der Waals surface area contributed by atoms with Crippen molar-refractivity contribution in [3.05, 3.63) is 66.0 Å². The number of nitrogens with zero attached hydrogens (tertiary/aromatic N) is 2. The molecular formula is C20H17N3O2S. The Balaban J connectivity index is 1.64. The molecule has 5 nitrogen and oxygen atoms in total. The average molecular weight is 363 g/mol. The molecule has 2 aromatic carbocycles. The van der Waals surface area contributed by atoms with Gasteiger partial charge in [-0.15, -0.1) is 11.3 Å². The Morgan fingerprint density at radius 1 is 1.00 bits per heavy atom. The van der Waals surface area contributed by atoms with Crippen LogP contribution in [0.2, 0.25) is 0 Å². The number of nitrogens with one attached hydrogen (secondary N) is 1. The number of hydrogen-bond acceptors (Lipinski definition) is 6. The fourth-order valence-corrected chi connectivity index (χ4v) is 3.86. The zero-order chi connectivity index (χ0) is 18.1. The number of aromatic hydroxyl groups is 2. The molecule has 0 bridgehead atoms. The second kappa shape index (κ2) is 6.65. The number of phenolic OH excluding ortho intramolecular Hbond substituents is 2. The number of aryl methyl sites for hydroxylation is 1. The Bertz CT molecular complexity index is 1090. The van der Waals surface area contributed by atoms with Crippen LogP contribution in [0.15, 0.2) is 54.9 Å². The van der Waals surface area contributed by atoms with Crippen LogP contribution in [0.4, 0.5) is 5.82 Å². The third-order valence-corrected chi connectivity index (χ3v) is 5.29. The molecule has 0 saturated heterocycles. The topological polar surface area (TPSA) is 78.3 Å². The van der Waals surface area contributed by atoms with Crippen LogP contribution in [0.1, 0.15) is 11.1 Å². The van der Waals surface area contributed by atoms with Crippen molar-refractivity contribution < 1.29 is 10.2 Å². The molecule has 0 fully saturated rings. The first kappa shape index (κ1) is 16.4. The molecule has 0 radical (unpaired) electrons. The van der Waals surface area contributed by atoms with Crippen LogP contribution in [0.3, 0.4) is 0 Å². The molecule has 0 aliphatic heterocycles. The molecule has 130 valence electrons. The molecule has 4 aromatic rings. The maximum atomic E-state index is 9.62. The van der Waals surface area contributed by atoms with Crippen molar-refractivity contribution in [1.29, 1.82) is 0 Å². The minimum absolute atomic E-state index is 0.126. The SMILES string of the molecule is Cc1cccc(-c2cc3ncnc(NCc4ccc(O)c(O)c4)c3s2)c1. The third kappa shape index (κ3) is 3.19. The maximum absolute atomic E-state index is 9.62. The molecule has 2 heterocycles. The molecule has 0 unspecified atom stereocenters. The lowest BCUT2D eigenvalue weighted by Gasteiger charge is -2.07. The normalized spacial score (nSPS) is 11.0. The quantitative estimate of drug-likeness (QED) is 0.459. The highest BCUT2D eigenvalue weighted by molar-refractivity contribution is 7.22. The van der Waals surface area contributed by atoms with Crippen molar-refractivity contribution >= 4 is 27.4 Å². The van der Waals surface area contributed by atoms with Gasteiger partial charge < -0.3 is 15.5 Å². The maximum Gasteiger partial charge on any atom is 0.157 e. The van der Waals surface area contributed by atoms with Crippen molar-refractivity contribution in [2.45, 2.75) is 13.5 Å². The summed E-state index contributed by atoms with van der Waals surface area (Å²) < 4.78 is 0.993. The lowest BCUT2D eigenvalue weighted by Crippen LogP contribution is -2.01. The Morgan fingerprint density at radius 2 is 1.88 bits per heavy atom. The van der Waals surface area contributed by atoms with Gasteiger partial charge in [-0.2, -0.15) is 0 Å². The van der Waals surface area contributed by atoms with Gasteiger partial charge in [-0.25, -0.2) is 9.97 Å². The number of phenols is 2. The minimum Gasteiger partial charge on any atom is -0.504 e. The summed E-state index contributed by atoms with van der Waals surface area (Å²) in [5, 5.41) is 22.3. The fraction of sp³-hybridized carbons (Fsp3) is 0.100. The highest BCUT2D eigenvalue weighted by atomic mass is 32.1. The van der Waals surface area contributed by atoms with Crippen molar-refractivity contribution in [2.24, 2.45) is 0 Å². The zero-order valence-corrected chi connectivity index (χ0v) is 14.9. The van der Waals surface area contributed by atoms with Crippen LogP contribution in [0.5, 0.6) is 11.5 Å². The predicted molar refractivity (Wildman–Crippen MR) is 105 cm³/mol. The number of hydrogen-bond donors (Lipinski definition) is 3. The summed E-state index contributed by atoms with van der Waals surface area (Å²) in [6, 6.07) is 15.2. The second-order valence-electron chi connectivity index (χ2n) is 6.09. The molecule has 4 rings (SSSR count). The largest absolute Gasteiger partial charge is 0.504 e. The first-order valence-corrected chi connectivity index (χ1v) is 8.98. The summed E-state index contributed by atoms with van der Waals surface area (Å²) in [5.74, 6) is 0.501. The van der Waals surface area contributed by atoms with Gasteiger partial charge >= 0.3 is 0 Å². The summed E-state index contributed by atoms with van der Waals surface area (Å²) in [4.78, 5) is 9.89. The van der Waals surface area contributed by atoms with E-state index in [4.69, 9.17) is 0 Å². The third-order valence-electron chi connectivity index (χ3n) is 4.11. The van der Waals surface area contributed by atoms with E-state index >= 15 is 0 Å². The fourth-order valence-electron chi connectivity index (χ4n) is 2.79. The Labute approximate surface area is 154 Å². The van der Waals surface area contributed by atoms with Crippen molar-refractivity contribution in [1.82, 2.24) is 9.97 Å². The minimum atomic E-state index is -0.130. The Hall–Kier alpha value is -3.12. The van der Waals surface area contributed by atoms with Crippen molar-refractivity contribution in [3.63, 3.8) is 0 Å². The number of rotatable bonds is 4. The van der Waals surface area contributed by atoms with E-state index in [-0.39, 0.29) is 11.5 Å². The van der Waals surface area contributed by atoms with Crippen LogP contribution < -0.4 is 5.32 Å². The number of benzene rings is 2. The monoisotopic (exact) mass is 363 g/mol. The van der Waals surface area contributed by atoms with E-state index in [1.807, 2.05) is 0 Å². The van der Waals surface area contributed by atoms with E-state index in [1.54, 1.807) is 23.7 Å². The Kier molecular flexibility index (Phi) is 4.18. The van der Waals surface area contributed by atoms with E-state index in [0.29, 0.717) is 6.54 Å². The van der Waals surface area contributed by atoms with Crippen LogP contribution in [-0.2, 0) is 6.54 Å². The van der Waals surface area contributed by atoms with Gasteiger partial charge in [0.25, 0.3) is 0 Å². The average Bonchev–Trinajstić information content (AvgIpc) is 3.07. The van der Waals surface area contributed by atoms with E-state index in [2.05, 4.69) is 52.5 Å². The van der Waals surface area contributed by atoms with Crippen LogP contribution in [-0.4, -0.2) is 20.2 Å². The van der Waals surface area contributed by atoms with Crippen molar-refractivity contribution in [3.8, 4) is 21.9 Å². The second-order valence-corrected chi connectivity index (χ2v) is 7.15. The molecule has 0 amide bonds. The number of aromatic nitrogens is 2. The summed E-state index contributed by atoms with van der Waals surface area (Å²) in [6.07, 6.45) is 1.55. The van der Waals surface area contributed by atoms with E-state index in [9.17, 15) is 10.2 Å². The first-order chi connectivity index (χ1) is 12.6. The zero-order valence-electron chi connectivity index (χ0n) is 14.1. The van der Waals surface area contributed by atoms with E-state index in [1.165, 1.54) is 23.3 Å².